The van der Waals surface area contributed by atoms with Crippen LogP contribution in [0, 0.1) is 5.82 Å². The van der Waals surface area contributed by atoms with Crippen molar-refractivity contribution in [3.8, 4) is 0 Å². The van der Waals surface area contributed by atoms with E-state index < -0.39 is 0 Å². The Hall–Kier alpha value is -0.910. The lowest BCUT2D eigenvalue weighted by molar-refractivity contribution is 0.247. The van der Waals surface area contributed by atoms with E-state index in [1.165, 1.54) is 12.1 Å². The molecule has 0 saturated carbocycles. The molecule has 0 radical (unpaired) electrons. The highest BCUT2D eigenvalue weighted by molar-refractivity contribution is 7.80. The van der Waals surface area contributed by atoms with Gasteiger partial charge < -0.3 is 15.5 Å². The van der Waals surface area contributed by atoms with Gasteiger partial charge in [0, 0.05) is 11.7 Å². The second-order valence-electron chi connectivity index (χ2n) is 4.69. The molecule has 0 amide bonds. The quantitative estimate of drug-likeness (QED) is 0.822. The van der Waals surface area contributed by atoms with Crippen molar-refractivity contribution >= 4 is 35.4 Å². The van der Waals surface area contributed by atoms with Crippen molar-refractivity contribution in [1.82, 2.24) is 10.2 Å². The van der Waals surface area contributed by atoms with Crippen LogP contribution in [0.25, 0.3) is 0 Å². The minimum Gasteiger partial charge on any atom is -0.360 e. The van der Waals surface area contributed by atoms with Crippen molar-refractivity contribution in [3.63, 3.8) is 0 Å². The molecule has 1 heterocycles. The fourth-order valence-corrected chi connectivity index (χ4v) is 2.36. The molecule has 19 heavy (non-hydrogen) atoms. The van der Waals surface area contributed by atoms with E-state index in [0.29, 0.717) is 16.8 Å². The van der Waals surface area contributed by atoms with Crippen molar-refractivity contribution < 1.29 is 4.39 Å². The average Bonchev–Trinajstić information content (AvgIpc) is 2.32. The summed E-state index contributed by atoms with van der Waals surface area (Å²) in [5.74, 6) is -0.262. The molecule has 0 atom stereocenters. The molecule has 2 rings (SSSR count). The van der Waals surface area contributed by atoms with E-state index >= 15 is 0 Å². The van der Waals surface area contributed by atoms with Gasteiger partial charge in [-0.2, -0.15) is 0 Å². The minimum absolute atomic E-state index is 0. The van der Waals surface area contributed by atoms with E-state index in [2.05, 4.69) is 22.6 Å². The number of halogens is 2. The van der Waals surface area contributed by atoms with E-state index in [0.717, 1.165) is 25.9 Å². The number of hydrogen-bond donors (Lipinski definition) is 2. The van der Waals surface area contributed by atoms with E-state index in [-0.39, 0.29) is 18.2 Å². The zero-order chi connectivity index (χ0) is 13.0. The maximum absolute atomic E-state index is 13.0. The lowest BCUT2D eigenvalue weighted by atomic mass is 10.1. The van der Waals surface area contributed by atoms with Gasteiger partial charge in [0.2, 0.25) is 0 Å². The zero-order valence-corrected chi connectivity index (χ0v) is 12.5. The number of piperidine rings is 1. The third-order valence-electron chi connectivity index (χ3n) is 3.14. The lowest BCUT2D eigenvalue weighted by Gasteiger charge is -2.30. The summed E-state index contributed by atoms with van der Waals surface area (Å²) in [7, 11) is 2.12. The fourth-order valence-electron chi connectivity index (χ4n) is 2.07. The lowest BCUT2D eigenvalue weighted by Crippen LogP contribution is -2.44. The Morgan fingerprint density at radius 2 is 2.05 bits per heavy atom. The molecule has 2 N–H and O–H groups in total. The summed E-state index contributed by atoms with van der Waals surface area (Å²) in [6.45, 7) is 2.17. The van der Waals surface area contributed by atoms with Crippen LogP contribution < -0.4 is 10.6 Å². The van der Waals surface area contributed by atoms with Crippen molar-refractivity contribution in [3.05, 3.63) is 30.1 Å². The molecule has 1 saturated heterocycles. The van der Waals surface area contributed by atoms with Crippen LogP contribution in [0.1, 0.15) is 12.8 Å². The van der Waals surface area contributed by atoms with Crippen LogP contribution in [0.5, 0.6) is 0 Å². The van der Waals surface area contributed by atoms with Crippen molar-refractivity contribution in [1.29, 1.82) is 0 Å². The summed E-state index contributed by atoms with van der Waals surface area (Å²) in [4.78, 5) is 2.31. The van der Waals surface area contributed by atoms with Gasteiger partial charge in [-0.05, 0) is 63.4 Å². The maximum atomic E-state index is 13.0. The van der Waals surface area contributed by atoms with Crippen LogP contribution >= 0.6 is 24.6 Å². The molecule has 0 spiro atoms. The Morgan fingerprint density at radius 1 is 1.37 bits per heavy atom. The Balaban J connectivity index is 0.00000180. The summed E-state index contributed by atoms with van der Waals surface area (Å²) in [6.07, 6.45) is 2.17. The Bertz CT molecular complexity index is 422. The van der Waals surface area contributed by atoms with Gasteiger partial charge in [0.15, 0.2) is 5.11 Å². The molecule has 0 aliphatic carbocycles. The molecule has 1 aliphatic rings. The number of anilines is 1. The SMILES string of the molecule is CN1CCC(NC(=S)Nc2cccc(F)c2)CC1.Cl. The van der Waals surface area contributed by atoms with Crippen LogP contribution in [-0.4, -0.2) is 36.2 Å². The predicted octanol–water partition coefficient (Wildman–Crippen LogP) is 2.63. The largest absolute Gasteiger partial charge is 0.360 e. The normalized spacial score (nSPS) is 16.5. The summed E-state index contributed by atoms with van der Waals surface area (Å²) in [5.41, 5.74) is 0.681. The highest BCUT2D eigenvalue weighted by Crippen LogP contribution is 2.11. The molecule has 0 aromatic heterocycles. The van der Waals surface area contributed by atoms with E-state index in [1.807, 2.05) is 0 Å². The third kappa shape index (κ3) is 5.30. The first-order valence-electron chi connectivity index (χ1n) is 6.15. The van der Waals surface area contributed by atoms with Gasteiger partial charge in [-0.1, -0.05) is 6.07 Å². The summed E-state index contributed by atoms with van der Waals surface area (Å²) < 4.78 is 13.0. The number of rotatable bonds is 2. The summed E-state index contributed by atoms with van der Waals surface area (Å²) >= 11 is 5.23. The second-order valence-corrected chi connectivity index (χ2v) is 5.09. The fraction of sp³-hybridized carbons (Fsp3) is 0.462. The van der Waals surface area contributed by atoms with Crippen molar-refractivity contribution in [2.45, 2.75) is 18.9 Å². The zero-order valence-electron chi connectivity index (χ0n) is 10.9. The van der Waals surface area contributed by atoms with Gasteiger partial charge in [-0.3, -0.25) is 0 Å². The second kappa shape index (κ2) is 7.62. The Kier molecular flexibility index (Phi) is 6.48. The molecule has 1 aromatic carbocycles. The van der Waals surface area contributed by atoms with E-state index in [1.54, 1.807) is 12.1 Å². The van der Waals surface area contributed by atoms with Gasteiger partial charge in [-0.15, -0.1) is 12.4 Å². The first-order chi connectivity index (χ1) is 8.63. The standard InChI is InChI=1S/C13H18FN3S.ClH/c1-17-7-5-11(6-8-17)15-13(18)16-12-4-2-3-10(14)9-12;/h2-4,9,11H,5-8H2,1H3,(H2,15,16,18);1H. The van der Waals surface area contributed by atoms with Crippen LogP contribution in [0.15, 0.2) is 24.3 Å². The first kappa shape index (κ1) is 16.1. The Labute approximate surface area is 125 Å². The minimum atomic E-state index is -0.262. The number of nitrogens with zero attached hydrogens (tertiary/aromatic N) is 1. The van der Waals surface area contributed by atoms with E-state index in [9.17, 15) is 4.39 Å². The van der Waals surface area contributed by atoms with Crippen molar-refractivity contribution in [2.75, 3.05) is 25.5 Å². The highest BCUT2D eigenvalue weighted by Gasteiger charge is 2.16. The van der Waals surface area contributed by atoms with Gasteiger partial charge in [0.25, 0.3) is 0 Å². The van der Waals surface area contributed by atoms with Gasteiger partial charge >= 0.3 is 0 Å². The molecule has 1 aliphatic heterocycles. The molecule has 6 heteroatoms. The van der Waals surface area contributed by atoms with E-state index in [4.69, 9.17) is 12.2 Å². The van der Waals surface area contributed by atoms with Gasteiger partial charge in [-0.25, -0.2) is 4.39 Å². The third-order valence-corrected chi connectivity index (χ3v) is 3.36. The molecular formula is C13H19ClFN3S. The van der Waals surface area contributed by atoms with Crippen LogP contribution in [0.4, 0.5) is 10.1 Å². The van der Waals surface area contributed by atoms with Gasteiger partial charge in [0.05, 0.1) is 0 Å². The summed E-state index contributed by atoms with van der Waals surface area (Å²) in [6, 6.07) is 6.72. The Morgan fingerprint density at radius 3 is 2.68 bits per heavy atom. The molecule has 106 valence electrons. The number of benzene rings is 1. The van der Waals surface area contributed by atoms with Crippen LogP contribution in [0.3, 0.4) is 0 Å². The van der Waals surface area contributed by atoms with Crippen molar-refractivity contribution in [2.24, 2.45) is 0 Å². The van der Waals surface area contributed by atoms with Crippen LogP contribution in [-0.2, 0) is 0 Å². The number of hydrogen-bond acceptors (Lipinski definition) is 2. The number of nitrogens with one attached hydrogen (secondary N) is 2. The van der Waals surface area contributed by atoms with Crippen LogP contribution in [0.2, 0.25) is 0 Å². The molecule has 3 nitrogen and oxygen atoms in total. The average molecular weight is 304 g/mol. The highest BCUT2D eigenvalue weighted by atomic mass is 35.5. The smallest absolute Gasteiger partial charge is 0.170 e. The molecule has 0 bridgehead atoms. The molecule has 1 aromatic rings. The van der Waals surface area contributed by atoms with Gasteiger partial charge in [0.1, 0.15) is 5.82 Å². The maximum Gasteiger partial charge on any atom is 0.170 e. The number of thiocarbonyl (C=S) groups is 1. The first-order valence-corrected chi connectivity index (χ1v) is 6.56. The predicted molar refractivity (Wildman–Crippen MR) is 83.5 cm³/mol. The number of likely N-dealkylation sites (tertiary alicyclic amines) is 1. The topological polar surface area (TPSA) is 27.3 Å². The molecular weight excluding hydrogens is 285 g/mol. The monoisotopic (exact) mass is 303 g/mol. The molecule has 1 fully saturated rings. The molecule has 0 unspecified atom stereocenters. The summed E-state index contributed by atoms with van der Waals surface area (Å²) in [5, 5.41) is 6.85.